The molecule has 4 heterocycles. The fraction of sp³-hybridized carbons (Fsp3) is 0.556. The van der Waals surface area contributed by atoms with Gasteiger partial charge in [-0.2, -0.15) is 4.98 Å². The third kappa shape index (κ3) is 4.85. The number of nitrogen functional groups attached to an aromatic ring is 1. The average Bonchev–Trinajstić information content (AvgIpc) is 3.25. The lowest BCUT2D eigenvalue weighted by molar-refractivity contribution is 0.0425. The highest BCUT2D eigenvalue weighted by Gasteiger charge is 2.33. The highest BCUT2D eigenvalue weighted by atomic mass is 16.5. The second-order valence-corrected chi connectivity index (χ2v) is 9.99. The average molecular weight is 463 g/mol. The van der Waals surface area contributed by atoms with Gasteiger partial charge in [0.2, 0.25) is 5.95 Å². The normalized spacial score (nSPS) is 20.2. The first-order valence-electron chi connectivity index (χ1n) is 12.9. The summed E-state index contributed by atoms with van der Waals surface area (Å²) < 4.78 is 8.03. The van der Waals surface area contributed by atoms with Crippen LogP contribution in [0.4, 0.5) is 11.8 Å². The molecule has 3 aliphatic rings. The van der Waals surface area contributed by atoms with Gasteiger partial charge in [0, 0.05) is 37.4 Å². The van der Waals surface area contributed by atoms with E-state index in [9.17, 15) is 0 Å². The molecule has 7 nitrogen and oxygen atoms in total. The maximum absolute atomic E-state index is 5.98. The Balaban J connectivity index is 1.35. The van der Waals surface area contributed by atoms with Crippen LogP contribution in [0, 0.1) is 5.92 Å². The number of unbranched alkanes of at least 4 members (excludes halogenated alkanes) is 2. The second-order valence-electron chi connectivity index (χ2n) is 9.99. The Hall–Kier alpha value is -2.80. The number of hydrogen-bond donors (Lipinski definition) is 2. The molecule has 0 radical (unpaired) electrons. The topological polar surface area (TPSA) is 81.2 Å². The van der Waals surface area contributed by atoms with Gasteiger partial charge in [-0.1, -0.05) is 31.9 Å². The summed E-state index contributed by atoms with van der Waals surface area (Å²) in [5.41, 5.74) is 10.3. The Morgan fingerprint density at radius 2 is 1.94 bits per heavy atom. The Kier molecular flexibility index (Phi) is 6.90. The summed E-state index contributed by atoms with van der Waals surface area (Å²) in [4.78, 5) is 11.6. The summed E-state index contributed by atoms with van der Waals surface area (Å²) in [5.74, 6) is 2.94. The van der Waals surface area contributed by atoms with Crippen LogP contribution < -0.4 is 15.8 Å². The number of ether oxygens (including phenoxy) is 1. The molecule has 34 heavy (non-hydrogen) atoms. The van der Waals surface area contributed by atoms with Crippen LogP contribution in [0.15, 0.2) is 30.5 Å². The van der Waals surface area contributed by atoms with Gasteiger partial charge < -0.3 is 20.4 Å². The molecular weight excluding hydrogens is 424 g/mol. The summed E-state index contributed by atoms with van der Waals surface area (Å²) >= 11 is 0. The fourth-order valence-corrected chi connectivity index (χ4v) is 5.76. The van der Waals surface area contributed by atoms with Crippen LogP contribution in [0.5, 0.6) is 5.75 Å². The highest BCUT2D eigenvalue weighted by molar-refractivity contribution is 5.87. The van der Waals surface area contributed by atoms with Gasteiger partial charge in [-0.3, -0.25) is 4.90 Å². The monoisotopic (exact) mass is 462 g/mol. The van der Waals surface area contributed by atoms with Crippen molar-refractivity contribution in [3.63, 3.8) is 0 Å². The first-order chi connectivity index (χ1) is 16.6. The molecule has 182 valence electrons. The smallest absolute Gasteiger partial charge is 0.222 e. The molecule has 2 bridgehead atoms. The number of hydrogen-bond acceptors (Lipinski definition) is 6. The number of aromatic nitrogens is 3. The van der Waals surface area contributed by atoms with Gasteiger partial charge in [-0.25, -0.2) is 4.98 Å². The van der Waals surface area contributed by atoms with E-state index >= 15 is 0 Å². The van der Waals surface area contributed by atoms with Crippen LogP contribution in [0.3, 0.4) is 0 Å². The zero-order chi connectivity index (χ0) is 23.5. The van der Waals surface area contributed by atoms with Crippen molar-refractivity contribution in [3.8, 4) is 5.75 Å². The molecule has 2 aliphatic heterocycles. The zero-order valence-corrected chi connectivity index (χ0v) is 20.6. The molecule has 2 saturated heterocycles. The minimum atomic E-state index is 0.302. The first kappa shape index (κ1) is 23.0. The number of methoxy groups -OCH3 is 1. The van der Waals surface area contributed by atoms with Crippen molar-refractivity contribution in [2.45, 2.75) is 71.0 Å². The third-order valence-electron chi connectivity index (χ3n) is 7.60. The largest absolute Gasteiger partial charge is 0.496 e. The van der Waals surface area contributed by atoms with Crippen molar-refractivity contribution in [1.29, 1.82) is 0 Å². The van der Waals surface area contributed by atoms with Gasteiger partial charge in [-0.05, 0) is 55.7 Å². The second kappa shape index (κ2) is 10.2. The summed E-state index contributed by atoms with van der Waals surface area (Å²) in [6.45, 7) is 6.05. The Labute approximate surface area is 202 Å². The molecule has 1 aliphatic carbocycles. The van der Waals surface area contributed by atoms with E-state index in [1.54, 1.807) is 7.11 Å². The lowest BCUT2D eigenvalue weighted by atomic mass is 9.80. The number of nitrogens with zero attached hydrogens (tertiary/aromatic N) is 4. The maximum atomic E-state index is 5.98. The number of piperidine rings is 2. The van der Waals surface area contributed by atoms with Gasteiger partial charge in [0.25, 0.3) is 0 Å². The Morgan fingerprint density at radius 3 is 2.68 bits per heavy atom. The molecule has 7 heteroatoms. The van der Waals surface area contributed by atoms with Crippen LogP contribution in [0.25, 0.3) is 11.0 Å². The standard InChI is InChI=1S/C27H38N6O/c1-3-4-5-13-29-26-25-23(30-27(28)31-26)12-14-32(25)18-21-9-6-20(15-24(21)34-2)17-33-16-19-7-10-22(33)11-8-19/h6,9,12,14-15,19,22H,3-5,7-8,10-11,13,16-18H2,1-2H3,(H3,28,29,30,31). The molecule has 3 fully saturated rings. The molecule has 1 saturated carbocycles. The molecule has 2 aromatic heterocycles. The van der Waals surface area contributed by atoms with Crippen molar-refractivity contribution < 1.29 is 4.74 Å². The number of rotatable bonds is 10. The SMILES string of the molecule is CCCCCNc1nc(N)nc2ccn(Cc3ccc(CN4CC5CCC4CC5)cc3OC)c12. The summed E-state index contributed by atoms with van der Waals surface area (Å²) in [6.07, 6.45) is 11.1. The van der Waals surface area contributed by atoms with E-state index in [2.05, 4.69) is 56.1 Å². The summed E-state index contributed by atoms with van der Waals surface area (Å²) in [6, 6.07) is 9.48. The van der Waals surface area contributed by atoms with Crippen molar-refractivity contribution >= 4 is 22.8 Å². The van der Waals surface area contributed by atoms with Gasteiger partial charge in [0.15, 0.2) is 5.82 Å². The molecule has 3 aromatic rings. The zero-order valence-electron chi connectivity index (χ0n) is 20.6. The Morgan fingerprint density at radius 1 is 1.09 bits per heavy atom. The molecule has 1 aromatic carbocycles. The van der Waals surface area contributed by atoms with Crippen molar-refractivity contribution in [2.24, 2.45) is 5.92 Å². The molecule has 0 unspecified atom stereocenters. The fourth-order valence-electron chi connectivity index (χ4n) is 5.76. The number of benzene rings is 1. The predicted octanol–water partition coefficient (Wildman–Crippen LogP) is 5.05. The minimum absolute atomic E-state index is 0.302. The quantitative estimate of drug-likeness (QED) is 0.411. The van der Waals surface area contributed by atoms with Crippen LogP contribution >= 0.6 is 0 Å². The van der Waals surface area contributed by atoms with Gasteiger partial charge in [-0.15, -0.1) is 0 Å². The van der Waals surface area contributed by atoms with E-state index in [4.69, 9.17) is 10.5 Å². The summed E-state index contributed by atoms with van der Waals surface area (Å²) in [7, 11) is 1.77. The van der Waals surface area contributed by atoms with Crippen LogP contribution in [-0.4, -0.2) is 45.7 Å². The molecule has 0 atom stereocenters. The van der Waals surface area contributed by atoms with Gasteiger partial charge in [0.1, 0.15) is 11.3 Å². The van der Waals surface area contributed by atoms with E-state index in [1.165, 1.54) is 50.6 Å². The third-order valence-corrected chi connectivity index (χ3v) is 7.60. The summed E-state index contributed by atoms with van der Waals surface area (Å²) in [5, 5.41) is 3.48. The van der Waals surface area contributed by atoms with Gasteiger partial charge in [0.05, 0.1) is 19.2 Å². The maximum Gasteiger partial charge on any atom is 0.222 e. The van der Waals surface area contributed by atoms with Crippen molar-refractivity contribution in [2.75, 3.05) is 31.2 Å². The van der Waals surface area contributed by atoms with E-state index in [1.807, 2.05) is 6.07 Å². The van der Waals surface area contributed by atoms with Crippen molar-refractivity contribution in [1.82, 2.24) is 19.4 Å². The van der Waals surface area contributed by atoms with E-state index in [0.717, 1.165) is 59.6 Å². The first-order valence-corrected chi connectivity index (χ1v) is 12.9. The van der Waals surface area contributed by atoms with E-state index in [-0.39, 0.29) is 0 Å². The number of nitrogens with one attached hydrogen (secondary N) is 1. The predicted molar refractivity (Wildman–Crippen MR) is 138 cm³/mol. The van der Waals surface area contributed by atoms with Crippen molar-refractivity contribution in [3.05, 3.63) is 41.6 Å². The van der Waals surface area contributed by atoms with Crippen LogP contribution in [-0.2, 0) is 13.1 Å². The van der Waals surface area contributed by atoms with Crippen LogP contribution in [0.2, 0.25) is 0 Å². The molecule has 0 amide bonds. The van der Waals surface area contributed by atoms with Crippen LogP contribution in [0.1, 0.15) is 63.0 Å². The highest BCUT2D eigenvalue weighted by Crippen LogP contribution is 2.36. The lowest BCUT2D eigenvalue weighted by Crippen LogP contribution is -2.47. The molecule has 6 rings (SSSR count). The van der Waals surface area contributed by atoms with Gasteiger partial charge >= 0.3 is 0 Å². The number of fused-ring (bicyclic) bond motifs is 4. The Bertz CT molecular complexity index is 1120. The minimum Gasteiger partial charge on any atom is -0.496 e. The number of nitrogens with two attached hydrogens (primary N) is 1. The van der Waals surface area contributed by atoms with E-state index < -0.39 is 0 Å². The molecular formula is C27H38N6O. The number of anilines is 2. The molecule has 0 spiro atoms. The van der Waals surface area contributed by atoms with E-state index in [0.29, 0.717) is 12.5 Å². The molecule has 3 N–H and O–H groups in total. The lowest BCUT2D eigenvalue weighted by Gasteiger charge is -2.45.